The second kappa shape index (κ2) is 4.11. The predicted octanol–water partition coefficient (Wildman–Crippen LogP) is 3.19. The Labute approximate surface area is 105 Å². The second-order valence-corrected chi connectivity index (χ2v) is 4.35. The van der Waals surface area contributed by atoms with Crippen molar-refractivity contribution in [1.82, 2.24) is 9.97 Å². The highest BCUT2D eigenvalue weighted by molar-refractivity contribution is 5.97. The Balaban J connectivity index is 2.35. The molecule has 2 heterocycles. The van der Waals surface area contributed by atoms with Crippen molar-refractivity contribution >= 4 is 16.6 Å². The standard InChI is InChI=1S/C15H13N3/c1-10-6-13(15(16)18-7-10)14-9-17-8-11-4-2-3-5-12(11)14/h2-9H,1H3,(H2,16,18). The molecule has 2 aromatic heterocycles. The normalized spacial score (nSPS) is 10.7. The number of hydrogen-bond donors (Lipinski definition) is 1. The van der Waals surface area contributed by atoms with Gasteiger partial charge in [-0.15, -0.1) is 0 Å². The Morgan fingerprint density at radius 1 is 1.00 bits per heavy atom. The maximum absolute atomic E-state index is 5.97. The molecule has 3 rings (SSSR count). The van der Waals surface area contributed by atoms with Crippen molar-refractivity contribution in [3.8, 4) is 11.1 Å². The molecule has 0 bridgehead atoms. The first-order chi connectivity index (χ1) is 8.75. The maximum Gasteiger partial charge on any atom is 0.131 e. The molecule has 18 heavy (non-hydrogen) atoms. The van der Waals surface area contributed by atoms with Crippen LogP contribution in [0.15, 0.2) is 48.9 Å². The van der Waals surface area contributed by atoms with Gasteiger partial charge in [0, 0.05) is 35.1 Å². The van der Waals surface area contributed by atoms with Crippen LogP contribution in [0.3, 0.4) is 0 Å². The fourth-order valence-corrected chi connectivity index (χ4v) is 2.13. The van der Waals surface area contributed by atoms with E-state index in [1.165, 1.54) is 0 Å². The Kier molecular flexibility index (Phi) is 2.45. The van der Waals surface area contributed by atoms with Gasteiger partial charge in [-0.1, -0.05) is 24.3 Å². The molecule has 3 aromatic rings. The SMILES string of the molecule is Cc1cnc(N)c(-c2cncc3ccccc23)c1. The molecule has 0 radical (unpaired) electrons. The largest absolute Gasteiger partial charge is 0.383 e. The predicted molar refractivity (Wildman–Crippen MR) is 74.1 cm³/mol. The fraction of sp³-hybridized carbons (Fsp3) is 0.0667. The third-order valence-corrected chi connectivity index (χ3v) is 3.01. The van der Waals surface area contributed by atoms with Crippen LogP contribution in [0.25, 0.3) is 21.9 Å². The van der Waals surface area contributed by atoms with E-state index in [0.29, 0.717) is 5.82 Å². The minimum Gasteiger partial charge on any atom is -0.383 e. The summed E-state index contributed by atoms with van der Waals surface area (Å²) in [6.45, 7) is 2.01. The van der Waals surface area contributed by atoms with Crippen molar-refractivity contribution in [2.75, 3.05) is 5.73 Å². The molecule has 0 saturated carbocycles. The van der Waals surface area contributed by atoms with Crippen LogP contribution in [-0.2, 0) is 0 Å². The number of fused-ring (bicyclic) bond motifs is 1. The summed E-state index contributed by atoms with van der Waals surface area (Å²) in [6.07, 6.45) is 5.48. The molecule has 0 aliphatic rings. The monoisotopic (exact) mass is 235 g/mol. The lowest BCUT2D eigenvalue weighted by molar-refractivity contribution is 1.27. The van der Waals surface area contributed by atoms with E-state index in [4.69, 9.17) is 5.73 Å². The van der Waals surface area contributed by atoms with Crippen molar-refractivity contribution in [3.63, 3.8) is 0 Å². The Hall–Kier alpha value is -2.42. The number of nitrogens with zero attached hydrogens (tertiary/aromatic N) is 2. The number of aryl methyl sites for hydroxylation is 1. The number of benzene rings is 1. The van der Waals surface area contributed by atoms with Crippen molar-refractivity contribution in [2.45, 2.75) is 6.92 Å². The van der Waals surface area contributed by atoms with Gasteiger partial charge in [-0.05, 0) is 23.9 Å². The summed E-state index contributed by atoms with van der Waals surface area (Å²) in [6, 6.07) is 10.2. The molecule has 0 unspecified atom stereocenters. The summed E-state index contributed by atoms with van der Waals surface area (Å²) in [7, 11) is 0. The van der Waals surface area contributed by atoms with E-state index in [9.17, 15) is 0 Å². The van der Waals surface area contributed by atoms with Gasteiger partial charge in [0.05, 0.1) is 0 Å². The van der Waals surface area contributed by atoms with Crippen LogP contribution in [0.1, 0.15) is 5.56 Å². The van der Waals surface area contributed by atoms with Crippen LogP contribution in [0.5, 0.6) is 0 Å². The van der Waals surface area contributed by atoms with Crippen LogP contribution in [0, 0.1) is 6.92 Å². The van der Waals surface area contributed by atoms with Gasteiger partial charge in [-0.25, -0.2) is 4.98 Å². The van der Waals surface area contributed by atoms with E-state index in [2.05, 4.69) is 16.0 Å². The van der Waals surface area contributed by atoms with Gasteiger partial charge in [0.1, 0.15) is 5.82 Å². The van der Waals surface area contributed by atoms with Gasteiger partial charge >= 0.3 is 0 Å². The van der Waals surface area contributed by atoms with E-state index >= 15 is 0 Å². The summed E-state index contributed by atoms with van der Waals surface area (Å²) in [5.74, 6) is 0.541. The molecule has 2 N–H and O–H groups in total. The van der Waals surface area contributed by atoms with E-state index in [0.717, 1.165) is 27.5 Å². The highest BCUT2D eigenvalue weighted by atomic mass is 14.8. The third kappa shape index (κ3) is 1.70. The van der Waals surface area contributed by atoms with Gasteiger partial charge in [0.25, 0.3) is 0 Å². The number of rotatable bonds is 1. The minimum atomic E-state index is 0.541. The molecular formula is C15H13N3. The number of aromatic nitrogens is 2. The van der Waals surface area contributed by atoms with Crippen molar-refractivity contribution in [3.05, 3.63) is 54.5 Å². The zero-order valence-corrected chi connectivity index (χ0v) is 10.1. The smallest absolute Gasteiger partial charge is 0.131 e. The lowest BCUT2D eigenvalue weighted by Gasteiger charge is -2.09. The molecule has 3 nitrogen and oxygen atoms in total. The Bertz CT molecular complexity index is 715. The molecule has 1 aromatic carbocycles. The van der Waals surface area contributed by atoms with E-state index < -0.39 is 0 Å². The first-order valence-electron chi connectivity index (χ1n) is 5.81. The van der Waals surface area contributed by atoms with Gasteiger partial charge < -0.3 is 5.73 Å². The summed E-state index contributed by atoms with van der Waals surface area (Å²) >= 11 is 0. The van der Waals surface area contributed by atoms with Gasteiger partial charge in [0.15, 0.2) is 0 Å². The maximum atomic E-state index is 5.97. The summed E-state index contributed by atoms with van der Waals surface area (Å²) < 4.78 is 0. The molecule has 0 amide bonds. The number of hydrogen-bond acceptors (Lipinski definition) is 3. The Morgan fingerprint density at radius 2 is 1.83 bits per heavy atom. The van der Waals surface area contributed by atoms with Gasteiger partial charge in [-0.2, -0.15) is 0 Å². The first-order valence-corrected chi connectivity index (χ1v) is 5.81. The van der Waals surface area contributed by atoms with Crippen LogP contribution in [0.4, 0.5) is 5.82 Å². The molecular weight excluding hydrogens is 222 g/mol. The average Bonchev–Trinajstić information content (AvgIpc) is 2.41. The van der Waals surface area contributed by atoms with Crippen molar-refractivity contribution < 1.29 is 0 Å². The van der Waals surface area contributed by atoms with Crippen LogP contribution in [0.2, 0.25) is 0 Å². The van der Waals surface area contributed by atoms with Gasteiger partial charge in [-0.3, -0.25) is 4.98 Å². The average molecular weight is 235 g/mol. The fourth-order valence-electron chi connectivity index (χ4n) is 2.13. The molecule has 88 valence electrons. The van der Waals surface area contributed by atoms with Crippen LogP contribution < -0.4 is 5.73 Å². The molecule has 0 aliphatic carbocycles. The van der Waals surface area contributed by atoms with Crippen LogP contribution >= 0.6 is 0 Å². The summed E-state index contributed by atoms with van der Waals surface area (Å²) in [5, 5.41) is 2.25. The lowest BCUT2D eigenvalue weighted by Crippen LogP contribution is -1.95. The molecule has 0 saturated heterocycles. The lowest BCUT2D eigenvalue weighted by atomic mass is 10.0. The third-order valence-electron chi connectivity index (χ3n) is 3.01. The summed E-state index contributed by atoms with van der Waals surface area (Å²) in [5.41, 5.74) is 9.04. The molecule has 0 aliphatic heterocycles. The van der Waals surface area contributed by atoms with Crippen molar-refractivity contribution in [1.29, 1.82) is 0 Å². The van der Waals surface area contributed by atoms with Crippen molar-refractivity contribution in [2.24, 2.45) is 0 Å². The van der Waals surface area contributed by atoms with Crippen LogP contribution in [-0.4, -0.2) is 9.97 Å². The van der Waals surface area contributed by atoms with Gasteiger partial charge in [0.2, 0.25) is 0 Å². The zero-order chi connectivity index (χ0) is 12.5. The highest BCUT2D eigenvalue weighted by Gasteiger charge is 2.08. The zero-order valence-electron chi connectivity index (χ0n) is 10.1. The number of anilines is 1. The first kappa shape index (κ1) is 10.7. The highest BCUT2D eigenvalue weighted by Crippen LogP contribution is 2.30. The molecule has 0 spiro atoms. The van der Waals surface area contributed by atoms with E-state index in [-0.39, 0.29) is 0 Å². The second-order valence-electron chi connectivity index (χ2n) is 4.35. The number of nitrogen functional groups attached to an aromatic ring is 1. The quantitative estimate of drug-likeness (QED) is 0.704. The topological polar surface area (TPSA) is 51.8 Å². The Morgan fingerprint density at radius 3 is 2.72 bits per heavy atom. The number of nitrogens with two attached hydrogens (primary N) is 1. The van der Waals surface area contributed by atoms with E-state index in [1.54, 1.807) is 6.20 Å². The number of pyridine rings is 2. The molecule has 3 heteroatoms. The minimum absolute atomic E-state index is 0.541. The van der Waals surface area contributed by atoms with E-state index in [1.807, 2.05) is 43.6 Å². The summed E-state index contributed by atoms with van der Waals surface area (Å²) in [4.78, 5) is 8.49. The molecule has 0 atom stereocenters. The molecule has 0 fully saturated rings.